The zero-order chi connectivity index (χ0) is 21.3. The van der Waals surface area contributed by atoms with Crippen LogP contribution in [-0.4, -0.2) is 89.8 Å². The number of halogens is 4. The number of hydrogen-bond acceptors (Lipinski definition) is 10. The molecule has 28 heavy (non-hydrogen) atoms. The predicted molar refractivity (Wildman–Crippen MR) is 94.4 cm³/mol. The first kappa shape index (κ1) is 25.0. The molecule has 0 aromatic heterocycles. The molecule has 0 saturated carbocycles. The highest BCUT2D eigenvalue weighted by atomic mass is 35.5. The highest BCUT2D eigenvalue weighted by molar-refractivity contribution is 6.27. The number of carbonyl (C=O) groups is 4. The van der Waals surface area contributed by atoms with Crippen molar-refractivity contribution in [3.63, 3.8) is 0 Å². The molecule has 0 aliphatic carbocycles. The maximum absolute atomic E-state index is 11.7. The van der Waals surface area contributed by atoms with Crippen molar-refractivity contribution in [1.82, 2.24) is 0 Å². The Labute approximate surface area is 179 Å². The van der Waals surface area contributed by atoms with Crippen molar-refractivity contribution >= 4 is 70.3 Å². The lowest BCUT2D eigenvalue weighted by Gasteiger charge is -2.42. The Morgan fingerprint density at radius 1 is 0.714 bits per heavy atom. The highest BCUT2D eigenvalue weighted by Gasteiger charge is 2.52. The number of esters is 4. The van der Waals surface area contributed by atoms with Crippen molar-refractivity contribution in [3.05, 3.63) is 0 Å². The smallest absolute Gasteiger partial charge is 0.321 e. The van der Waals surface area contributed by atoms with Gasteiger partial charge in [-0.05, 0) is 0 Å². The van der Waals surface area contributed by atoms with E-state index in [0.29, 0.717) is 0 Å². The summed E-state index contributed by atoms with van der Waals surface area (Å²) in [5.74, 6) is -5.94. The minimum absolute atomic E-state index is 0.470. The van der Waals surface area contributed by atoms with E-state index in [-0.39, 0.29) is 0 Å². The van der Waals surface area contributed by atoms with Gasteiger partial charge in [-0.25, -0.2) is 0 Å². The van der Waals surface area contributed by atoms with Crippen LogP contribution < -0.4 is 0 Å². The van der Waals surface area contributed by atoms with Gasteiger partial charge in [0.25, 0.3) is 0 Å². The Morgan fingerprint density at radius 3 is 1.61 bits per heavy atom. The normalized spacial score (nSPS) is 26.8. The lowest BCUT2D eigenvalue weighted by atomic mass is 9.98. The SMILES string of the molecule is O=C(CCl)OCC1O[C@@H](O)[C@H](OC(=O)CCl)[C@@H](OC(=O)CCl)[C@@H]1OC(=O)CCl. The number of carbonyl (C=O) groups excluding carboxylic acids is 4. The van der Waals surface area contributed by atoms with Gasteiger partial charge >= 0.3 is 23.9 Å². The van der Waals surface area contributed by atoms with Crippen LogP contribution in [-0.2, 0) is 42.9 Å². The molecule has 1 aliphatic heterocycles. The fourth-order valence-corrected chi connectivity index (χ4v) is 2.46. The van der Waals surface area contributed by atoms with Gasteiger partial charge in [0, 0.05) is 0 Å². The first-order valence-electron chi connectivity index (χ1n) is 7.58. The van der Waals surface area contributed by atoms with Gasteiger partial charge in [0.15, 0.2) is 24.6 Å². The summed E-state index contributed by atoms with van der Waals surface area (Å²) in [6.45, 7) is -0.534. The van der Waals surface area contributed by atoms with Crippen LogP contribution in [0.3, 0.4) is 0 Å². The Bertz CT molecular complexity index is 574. The van der Waals surface area contributed by atoms with E-state index in [0.717, 1.165) is 0 Å². The summed E-state index contributed by atoms with van der Waals surface area (Å²) in [4.78, 5) is 46.2. The maximum Gasteiger partial charge on any atom is 0.321 e. The molecule has 1 rings (SSSR count). The summed E-state index contributed by atoms with van der Waals surface area (Å²) in [5.41, 5.74) is 0. The average Bonchev–Trinajstić information content (AvgIpc) is 2.69. The van der Waals surface area contributed by atoms with Crippen molar-refractivity contribution in [3.8, 4) is 0 Å². The van der Waals surface area contributed by atoms with Crippen LogP contribution >= 0.6 is 46.4 Å². The summed E-state index contributed by atoms with van der Waals surface area (Å²) in [6.07, 6.45) is -7.81. The van der Waals surface area contributed by atoms with Crippen molar-refractivity contribution < 1.29 is 48.0 Å². The van der Waals surface area contributed by atoms with Crippen molar-refractivity contribution in [2.24, 2.45) is 0 Å². The van der Waals surface area contributed by atoms with Gasteiger partial charge in [0.1, 0.15) is 36.2 Å². The minimum Gasteiger partial charge on any atom is -0.462 e. The molecule has 0 aromatic carbocycles. The fraction of sp³-hybridized carbons (Fsp3) is 0.714. The number of rotatable bonds is 9. The van der Waals surface area contributed by atoms with Crippen LogP contribution in [0.1, 0.15) is 0 Å². The number of aliphatic hydroxyl groups excluding tert-OH is 1. The van der Waals surface area contributed by atoms with Crippen LogP contribution in [0.25, 0.3) is 0 Å². The number of aliphatic hydroxyl groups is 1. The molecule has 1 N–H and O–H groups in total. The van der Waals surface area contributed by atoms with Crippen molar-refractivity contribution in [2.75, 3.05) is 30.1 Å². The second kappa shape index (κ2) is 12.5. The molecule has 0 bridgehead atoms. The lowest BCUT2D eigenvalue weighted by Crippen LogP contribution is -2.62. The highest BCUT2D eigenvalue weighted by Crippen LogP contribution is 2.28. The zero-order valence-corrected chi connectivity index (χ0v) is 17.1. The third-order valence-electron chi connectivity index (χ3n) is 3.26. The molecular formula is C14H16Cl4O10. The molecule has 0 radical (unpaired) electrons. The van der Waals surface area contributed by atoms with Crippen molar-refractivity contribution in [1.29, 1.82) is 0 Å². The number of hydrogen-bond donors (Lipinski definition) is 1. The zero-order valence-electron chi connectivity index (χ0n) is 14.1. The molecule has 10 nitrogen and oxygen atoms in total. The Morgan fingerprint density at radius 2 is 1.14 bits per heavy atom. The summed E-state index contributed by atoms with van der Waals surface area (Å²) in [6, 6.07) is 0. The largest absolute Gasteiger partial charge is 0.462 e. The van der Waals surface area contributed by atoms with Gasteiger partial charge in [0.05, 0.1) is 0 Å². The second-order valence-corrected chi connectivity index (χ2v) is 6.22. The molecule has 1 unspecified atom stereocenters. The Balaban J connectivity index is 3.17. The van der Waals surface area contributed by atoms with Crippen LogP contribution in [0, 0.1) is 0 Å². The van der Waals surface area contributed by atoms with E-state index < -0.39 is 84.7 Å². The molecule has 160 valence electrons. The number of ether oxygens (including phenoxy) is 5. The molecular weight excluding hydrogens is 470 g/mol. The summed E-state index contributed by atoms with van der Waals surface area (Å²) < 4.78 is 25.1. The van der Waals surface area contributed by atoms with E-state index in [4.69, 9.17) is 70.1 Å². The van der Waals surface area contributed by atoms with Crippen molar-refractivity contribution in [2.45, 2.75) is 30.7 Å². The van der Waals surface area contributed by atoms with Crippen LogP contribution in [0.4, 0.5) is 0 Å². The first-order chi connectivity index (χ1) is 13.3. The average molecular weight is 486 g/mol. The molecule has 0 aromatic rings. The third kappa shape index (κ3) is 7.41. The minimum atomic E-state index is -1.84. The van der Waals surface area contributed by atoms with E-state index in [2.05, 4.69) is 0 Å². The molecule has 14 heteroatoms. The second-order valence-electron chi connectivity index (χ2n) is 5.15. The summed E-state index contributed by atoms with van der Waals surface area (Å²) in [5, 5.41) is 10.2. The van der Waals surface area contributed by atoms with E-state index in [1.807, 2.05) is 0 Å². The molecule has 0 spiro atoms. The monoisotopic (exact) mass is 484 g/mol. The topological polar surface area (TPSA) is 135 Å². The maximum atomic E-state index is 11.7. The molecule has 5 atom stereocenters. The summed E-state index contributed by atoms with van der Waals surface area (Å²) in [7, 11) is 0. The Hall–Kier alpha value is -1.04. The molecule has 1 saturated heterocycles. The quantitative estimate of drug-likeness (QED) is 0.268. The Kier molecular flexibility index (Phi) is 11.2. The van der Waals surface area contributed by atoms with Crippen LogP contribution in [0.2, 0.25) is 0 Å². The van der Waals surface area contributed by atoms with E-state index in [9.17, 15) is 24.3 Å². The molecule has 1 fully saturated rings. The van der Waals surface area contributed by atoms with E-state index in [1.165, 1.54) is 0 Å². The van der Waals surface area contributed by atoms with Gasteiger partial charge < -0.3 is 28.8 Å². The molecule has 0 amide bonds. The lowest BCUT2D eigenvalue weighted by molar-refractivity contribution is -0.295. The molecule has 1 aliphatic rings. The van der Waals surface area contributed by atoms with Gasteiger partial charge in [0.2, 0.25) is 0 Å². The van der Waals surface area contributed by atoms with Gasteiger partial charge in [-0.3, -0.25) is 19.2 Å². The molecule has 1 heterocycles. The van der Waals surface area contributed by atoms with E-state index >= 15 is 0 Å². The van der Waals surface area contributed by atoms with Crippen LogP contribution in [0.15, 0.2) is 0 Å². The number of alkyl halides is 4. The van der Waals surface area contributed by atoms with Crippen LogP contribution in [0.5, 0.6) is 0 Å². The first-order valence-corrected chi connectivity index (χ1v) is 9.72. The van der Waals surface area contributed by atoms with Gasteiger partial charge in [-0.1, -0.05) is 0 Å². The predicted octanol–water partition coefficient (Wildman–Crippen LogP) is -0.0626. The van der Waals surface area contributed by atoms with E-state index in [1.54, 1.807) is 0 Å². The van der Waals surface area contributed by atoms with Gasteiger partial charge in [-0.2, -0.15) is 0 Å². The standard InChI is InChI=1S/C14H16Cl4O10/c15-1-7(19)24-5-6-11(26-8(20)2-16)12(27-9(21)3-17)13(14(23)25-6)28-10(22)4-18/h6,11-14,23H,1-5H2/t6?,11-,12+,13-,14-/m1/s1. The van der Waals surface area contributed by atoms with Gasteiger partial charge in [-0.15, -0.1) is 46.4 Å². The summed E-state index contributed by atoms with van der Waals surface area (Å²) >= 11 is 21.5. The fourth-order valence-electron chi connectivity index (χ4n) is 2.19. The third-order valence-corrected chi connectivity index (χ3v) is 4.13.